The molecule has 0 unspecified atom stereocenters. The van der Waals surface area contributed by atoms with Crippen LogP contribution in [0, 0.1) is 13.8 Å². The van der Waals surface area contributed by atoms with Crippen molar-refractivity contribution < 1.29 is 9.59 Å². The van der Waals surface area contributed by atoms with Gasteiger partial charge in [0.2, 0.25) is 5.91 Å². The van der Waals surface area contributed by atoms with Crippen LogP contribution >= 0.6 is 0 Å². The van der Waals surface area contributed by atoms with Gasteiger partial charge in [-0.1, -0.05) is 6.07 Å². The fraction of sp³-hybridized carbons (Fsp3) is 0.174. The van der Waals surface area contributed by atoms with E-state index in [4.69, 9.17) is 0 Å². The maximum atomic E-state index is 12.5. The molecule has 4 aromatic heterocycles. The van der Waals surface area contributed by atoms with E-state index >= 15 is 0 Å². The first-order valence-electron chi connectivity index (χ1n) is 9.57. The van der Waals surface area contributed by atoms with Gasteiger partial charge in [0, 0.05) is 35.4 Å². The van der Waals surface area contributed by atoms with E-state index in [1.54, 1.807) is 41.3 Å². The molecule has 4 rings (SSSR count). The van der Waals surface area contributed by atoms with Crippen LogP contribution in [0.15, 0.2) is 55.1 Å². The van der Waals surface area contributed by atoms with Crippen LogP contribution in [0.5, 0.6) is 0 Å². The SMILES string of the molecule is CC(=O)c1ccc2nc(NC(=O)Cc3cnc(-c4ccnc(C)c4)c(C)c3)cn2c1. The Hall–Kier alpha value is -3.87. The Morgan fingerprint density at radius 1 is 1.07 bits per heavy atom. The number of carbonyl (C=O) groups excluding carboxylic acids is 2. The van der Waals surface area contributed by atoms with E-state index in [-0.39, 0.29) is 18.1 Å². The first-order valence-corrected chi connectivity index (χ1v) is 9.57. The molecule has 1 amide bonds. The largest absolute Gasteiger partial charge is 0.309 e. The van der Waals surface area contributed by atoms with Crippen LogP contribution in [-0.2, 0) is 11.2 Å². The first kappa shape index (κ1) is 19.4. The van der Waals surface area contributed by atoms with Gasteiger partial charge >= 0.3 is 0 Å². The molecular weight excluding hydrogens is 378 g/mol. The van der Waals surface area contributed by atoms with E-state index in [2.05, 4.69) is 20.3 Å². The highest BCUT2D eigenvalue weighted by Gasteiger charge is 2.11. The van der Waals surface area contributed by atoms with Gasteiger partial charge in [0.1, 0.15) is 5.65 Å². The number of fused-ring (bicyclic) bond motifs is 1. The molecule has 0 fully saturated rings. The number of nitrogens with one attached hydrogen (secondary N) is 1. The van der Waals surface area contributed by atoms with Crippen LogP contribution in [0.25, 0.3) is 16.9 Å². The molecule has 0 saturated carbocycles. The van der Waals surface area contributed by atoms with E-state index in [9.17, 15) is 9.59 Å². The van der Waals surface area contributed by atoms with Gasteiger partial charge in [0.25, 0.3) is 0 Å². The van der Waals surface area contributed by atoms with Gasteiger partial charge in [-0.25, -0.2) is 4.98 Å². The van der Waals surface area contributed by atoms with Gasteiger partial charge < -0.3 is 9.72 Å². The Bertz CT molecular complexity index is 1280. The molecule has 0 saturated heterocycles. The minimum atomic E-state index is -0.182. The van der Waals surface area contributed by atoms with Crippen molar-refractivity contribution in [3.05, 3.63) is 77.5 Å². The third kappa shape index (κ3) is 4.10. The number of aromatic nitrogens is 4. The standard InChI is InChI=1S/C23H21N5O2/c1-14-8-17(11-25-23(14)18-6-7-24-15(2)9-18)10-22(30)27-20-13-28-12-19(16(3)29)4-5-21(28)26-20/h4-9,11-13H,10H2,1-3H3,(H,27,30). The highest BCUT2D eigenvalue weighted by Crippen LogP contribution is 2.22. The van der Waals surface area contributed by atoms with Gasteiger partial charge in [-0.3, -0.25) is 19.6 Å². The van der Waals surface area contributed by atoms with Gasteiger partial charge in [-0.2, -0.15) is 0 Å². The normalized spacial score (nSPS) is 10.9. The summed E-state index contributed by atoms with van der Waals surface area (Å²) in [5.74, 6) is 0.234. The molecule has 0 aliphatic heterocycles. The topological polar surface area (TPSA) is 89.2 Å². The van der Waals surface area contributed by atoms with Crippen molar-refractivity contribution in [3.63, 3.8) is 0 Å². The van der Waals surface area contributed by atoms with Crippen LogP contribution in [-0.4, -0.2) is 31.0 Å². The fourth-order valence-corrected chi connectivity index (χ4v) is 3.36. The Morgan fingerprint density at radius 2 is 1.90 bits per heavy atom. The molecule has 0 bridgehead atoms. The second kappa shape index (κ2) is 7.87. The predicted molar refractivity (Wildman–Crippen MR) is 114 cm³/mol. The van der Waals surface area contributed by atoms with Gasteiger partial charge in [0.15, 0.2) is 11.6 Å². The molecule has 150 valence electrons. The molecule has 0 aliphatic rings. The summed E-state index contributed by atoms with van der Waals surface area (Å²) in [6.45, 7) is 5.43. The molecule has 7 nitrogen and oxygen atoms in total. The van der Waals surface area contributed by atoms with Crippen molar-refractivity contribution >= 4 is 23.2 Å². The number of Topliss-reactive ketones (excluding diaryl/α,β-unsaturated/α-hetero) is 1. The molecule has 0 aliphatic carbocycles. The van der Waals surface area contributed by atoms with Crippen molar-refractivity contribution in [2.24, 2.45) is 0 Å². The number of anilines is 1. The molecule has 7 heteroatoms. The quantitative estimate of drug-likeness (QED) is 0.516. The summed E-state index contributed by atoms with van der Waals surface area (Å²) < 4.78 is 1.73. The lowest BCUT2D eigenvalue weighted by Gasteiger charge is -2.08. The van der Waals surface area contributed by atoms with Crippen molar-refractivity contribution in [1.82, 2.24) is 19.4 Å². The van der Waals surface area contributed by atoms with E-state index in [0.29, 0.717) is 17.0 Å². The Morgan fingerprint density at radius 3 is 2.63 bits per heavy atom. The fourth-order valence-electron chi connectivity index (χ4n) is 3.36. The number of carbonyl (C=O) groups is 2. The number of aryl methyl sites for hydroxylation is 2. The maximum Gasteiger partial charge on any atom is 0.230 e. The van der Waals surface area contributed by atoms with E-state index in [1.165, 1.54) is 6.92 Å². The van der Waals surface area contributed by atoms with E-state index < -0.39 is 0 Å². The zero-order chi connectivity index (χ0) is 21.3. The molecule has 30 heavy (non-hydrogen) atoms. The van der Waals surface area contributed by atoms with Crippen molar-refractivity contribution in [2.45, 2.75) is 27.2 Å². The molecule has 4 aromatic rings. The Labute approximate surface area is 173 Å². The average Bonchev–Trinajstić information content (AvgIpc) is 3.09. The van der Waals surface area contributed by atoms with E-state index in [0.717, 1.165) is 28.1 Å². The summed E-state index contributed by atoms with van der Waals surface area (Å²) in [4.78, 5) is 37.2. The number of imidazole rings is 1. The molecule has 0 radical (unpaired) electrons. The van der Waals surface area contributed by atoms with Crippen LogP contribution in [0.3, 0.4) is 0 Å². The third-order valence-corrected chi connectivity index (χ3v) is 4.79. The number of rotatable bonds is 5. The molecule has 0 aromatic carbocycles. The minimum Gasteiger partial charge on any atom is -0.309 e. The lowest BCUT2D eigenvalue weighted by molar-refractivity contribution is -0.115. The Balaban J connectivity index is 1.48. The number of hydrogen-bond donors (Lipinski definition) is 1. The summed E-state index contributed by atoms with van der Waals surface area (Å²) in [5, 5.41) is 2.81. The Kier molecular flexibility index (Phi) is 5.10. The van der Waals surface area contributed by atoms with Crippen molar-refractivity contribution in [2.75, 3.05) is 5.32 Å². The van der Waals surface area contributed by atoms with Gasteiger partial charge in [-0.15, -0.1) is 0 Å². The summed E-state index contributed by atoms with van der Waals surface area (Å²) >= 11 is 0. The van der Waals surface area contributed by atoms with E-state index in [1.807, 2.05) is 32.0 Å². The van der Waals surface area contributed by atoms with Crippen LogP contribution in [0.1, 0.15) is 34.1 Å². The average molecular weight is 399 g/mol. The van der Waals surface area contributed by atoms with Crippen LogP contribution < -0.4 is 5.32 Å². The predicted octanol–water partition coefficient (Wildman–Crippen LogP) is 3.79. The van der Waals surface area contributed by atoms with Crippen molar-refractivity contribution in [3.8, 4) is 11.3 Å². The third-order valence-electron chi connectivity index (χ3n) is 4.79. The number of amides is 1. The number of hydrogen-bond acceptors (Lipinski definition) is 5. The first-order chi connectivity index (χ1) is 14.4. The van der Waals surface area contributed by atoms with Crippen LogP contribution in [0.4, 0.5) is 5.82 Å². The minimum absolute atomic E-state index is 0.0237. The summed E-state index contributed by atoms with van der Waals surface area (Å²) in [7, 11) is 0. The molecule has 0 spiro atoms. The van der Waals surface area contributed by atoms with Crippen LogP contribution in [0.2, 0.25) is 0 Å². The second-order valence-electron chi connectivity index (χ2n) is 7.29. The monoisotopic (exact) mass is 399 g/mol. The zero-order valence-electron chi connectivity index (χ0n) is 17.0. The van der Waals surface area contributed by atoms with Gasteiger partial charge in [-0.05, 0) is 56.2 Å². The number of pyridine rings is 3. The molecule has 1 N–H and O–H groups in total. The molecule has 0 atom stereocenters. The smallest absolute Gasteiger partial charge is 0.230 e. The summed E-state index contributed by atoms with van der Waals surface area (Å²) in [6.07, 6.45) is 7.07. The number of nitrogens with zero attached hydrogens (tertiary/aromatic N) is 4. The van der Waals surface area contributed by atoms with Gasteiger partial charge in [0.05, 0.1) is 18.3 Å². The van der Waals surface area contributed by atoms with Crippen molar-refractivity contribution in [1.29, 1.82) is 0 Å². The zero-order valence-corrected chi connectivity index (χ0v) is 17.0. The molecular formula is C23H21N5O2. The summed E-state index contributed by atoms with van der Waals surface area (Å²) in [6, 6.07) is 9.36. The maximum absolute atomic E-state index is 12.5. The molecule has 4 heterocycles. The summed E-state index contributed by atoms with van der Waals surface area (Å²) in [5.41, 5.74) is 5.88. The number of ketones is 1. The highest BCUT2D eigenvalue weighted by molar-refractivity contribution is 5.94. The second-order valence-corrected chi connectivity index (χ2v) is 7.29. The lowest BCUT2D eigenvalue weighted by Crippen LogP contribution is -2.15. The highest BCUT2D eigenvalue weighted by atomic mass is 16.1. The lowest BCUT2D eigenvalue weighted by atomic mass is 10.0.